The van der Waals surface area contributed by atoms with Crippen LogP contribution in [0.4, 0.5) is 4.39 Å². The Morgan fingerprint density at radius 2 is 2.12 bits per heavy atom. The molecule has 0 unspecified atom stereocenters. The lowest BCUT2D eigenvalue weighted by Crippen LogP contribution is -2.35. The number of aromatic amines is 1. The van der Waals surface area contributed by atoms with E-state index in [0.717, 1.165) is 25.3 Å². The van der Waals surface area contributed by atoms with Gasteiger partial charge in [0, 0.05) is 18.8 Å². The molecule has 32 heavy (non-hydrogen) atoms. The third-order valence-corrected chi connectivity index (χ3v) is 6.16. The Balaban J connectivity index is 1.50. The van der Waals surface area contributed by atoms with Gasteiger partial charge in [-0.25, -0.2) is 9.37 Å². The molecule has 0 amide bonds. The van der Waals surface area contributed by atoms with Gasteiger partial charge in [-0.2, -0.15) is 0 Å². The molecule has 0 radical (unpaired) electrons. The van der Waals surface area contributed by atoms with E-state index in [1.54, 1.807) is 19.2 Å². The van der Waals surface area contributed by atoms with E-state index in [0.29, 0.717) is 34.9 Å². The summed E-state index contributed by atoms with van der Waals surface area (Å²) in [7, 11) is 2.15. The molecule has 1 atom stereocenters. The first kappa shape index (κ1) is 22.6. The monoisotopic (exact) mass is 459 g/mol. The van der Waals surface area contributed by atoms with E-state index in [-0.39, 0.29) is 10.6 Å². The number of hydrogen-bond donors (Lipinski definition) is 2. The van der Waals surface area contributed by atoms with E-state index in [2.05, 4.69) is 32.2 Å². The Kier molecular flexibility index (Phi) is 7.03. The van der Waals surface area contributed by atoms with Crippen LogP contribution in [-0.4, -0.2) is 46.5 Å². The van der Waals surface area contributed by atoms with Crippen molar-refractivity contribution in [1.29, 1.82) is 0 Å². The summed E-state index contributed by atoms with van der Waals surface area (Å²) < 4.78 is 19.2. The number of nitrogens with zero attached hydrogens (tertiary/aromatic N) is 3. The Hall–Kier alpha value is -2.55. The van der Waals surface area contributed by atoms with Crippen LogP contribution in [-0.2, 0) is 6.54 Å². The number of H-pyrrole nitrogens is 1. The molecule has 0 bridgehead atoms. The zero-order chi connectivity index (χ0) is 22.7. The first-order valence-corrected chi connectivity index (χ1v) is 11.2. The predicted octanol–water partition coefficient (Wildman–Crippen LogP) is 3.68. The van der Waals surface area contributed by atoms with Crippen molar-refractivity contribution in [2.75, 3.05) is 26.7 Å². The number of nitrogens with one attached hydrogen (secondary N) is 2. The van der Waals surface area contributed by atoms with Crippen LogP contribution in [0, 0.1) is 11.7 Å². The maximum Gasteiger partial charge on any atom is 0.258 e. The molecule has 2 aromatic heterocycles. The zero-order valence-corrected chi connectivity index (χ0v) is 19.0. The summed E-state index contributed by atoms with van der Waals surface area (Å²) in [6, 6.07) is 5.78. The van der Waals surface area contributed by atoms with E-state index in [4.69, 9.17) is 16.3 Å². The van der Waals surface area contributed by atoms with Gasteiger partial charge in [0.2, 0.25) is 0 Å². The topological polar surface area (TPSA) is 83.1 Å². The van der Waals surface area contributed by atoms with Gasteiger partial charge in [0.05, 0.1) is 16.1 Å². The van der Waals surface area contributed by atoms with Gasteiger partial charge in [-0.1, -0.05) is 11.6 Å². The minimum Gasteiger partial charge on any atom is -0.483 e. The molecule has 0 saturated carbocycles. The summed E-state index contributed by atoms with van der Waals surface area (Å²) in [5.74, 6) is 0.877. The van der Waals surface area contributed by atoms with Crippen molar-refractivity contribution < 1.29 is 9.13 Å². The molecule has 1 aromatic carbocycles. The van der Waals surface area contributed by atoms with Gasteiger partial charge in [0.15, 0.2) is 11.9 Å². The average molecular weight is 460 g/mol. The highest BCUT2D eigenvalue weighted by Crippen LogP contribution is 2.25. The number of fused-ring (bicyclic) bond motifs is 1. The van der Waals surface area contributed by atoms with Crippen LogP contribution in [0.5, 0.6) is 5.75 Å². The maximum atomic E-state index is 13.4. The fourth-order valence-corrected chi connectivity index (χ4v) is 4.10. The molecular weight excluding hydrogens is 433 g/mol. The molecule has 4 rings (SSSR count). The van der Waals surface area contributed by atoms with E-state index < -0.39 is 11.9 Å². The van der Waals surface area contributed by atoms with Crippen molar-refractivity contribution >= 4 is 22.5 Å². The molecule has 1 saturated heterocycles. The lowest BCUT2D eigenvalue weighted by atomic mass is 9.97. The van der Waals surface area contributed by atoms with E-state index >= 15 is 0 Å². The Morgan fingerprint density at radius 3 is 2.88 bits per heavy atom. The van der Waals surface area contributed by atoms with Gasteiger partial charge in [0.1, 0.15) is 17.1 Å². The summed E-state index contributed by atoms with van der Waals surface area (Å²) in [5, 5.41) is 3.94. The van der Waals surface area contributed by atoms with Crippen molar-refractivity contribution in [2.45, 2.75) is 32.4 Å². The molecule has 3 aromatic rings. The largest absolute Gasteiger partial charge is 0.483 e. The second-order valence-corrected chi connectivity index (χ2v) is 8.73. The van der Waals surface area contributed by atoms with Gasteiger partial charge < -0.3 is 19.9 Å². The van der Waals surface area contributed by atoms with E-state index in [9.17, 15) is 9.18 Å². The van der Waals surface area contributed by atoms with Crippen LogP contribution in [0.3, 0.4) is 0 Å². The normalized spacial score (nSPS) is 16.4. The molecule has 1 aliphatic rings. The fraction of sp³-hybridized carbons (Fsp3) is 0.435. The van der Waals surface area contributed by atoms with Gasteiger partial charge in [-0.15, -0.1) is 0 Å². The van der Waals surface area contributed by atoms with E-state index in [1.807, 2.05) is 0 Å². The highest BCUT2D eigenvalue weighted by molar-refractivity contribution is 6.30. The number of ether oxygens (including phenoxy) is 1. The molecule has 1 fully saturated rings. The molecule has 9 heteroatoms. The highest BCUT2D eigenvalue weighted by atomic mass is 35.5. The SMILES string of the molecule is C[C@@H](Oc1ccc(F)c(Cl)c1)c1nc2c(CNCC3CCN(C)CC3)nccc2c(=O)[nH]1. The second-order valence-electron chi connectivity index (χ2n) is 8.32. The first-order valence-electron chi connectivity index (χ1n) is 10.8. The van der Waals surface area contributed by atoms with Crippen LogP contribution in [0.15, 0.2) is 35.3 Å². The Labute approximate surface area is 191 Å². The van der Waals surface area contributed by atoms with Crippen LogP contribution in [0.2, 0.25) is 5.02 Å². The van der Waals surface area contributed by atoms with Crippen LogP contribution in [0.1, 0.15) is 37.4 Å². The zero-order valence-electron chi connectivity index (χ0n) is 18.2. The molecule has 1 aliphatic heterocycles. The molecule has 3 heterocycles. The summed E-state index contributed by atoms with van der Waals surface area (Å²) >= 11 is 5.83. The lowest BCUT2D eigenvalue weighted by molar-refractivity contribution is 0.215. The highest BCUT2D eigenvalue weighted by Gasteiger charge is 2.18. The first-order chi connectivity index (χ1) is 15.4. The number of benzene rings is 1. The molecular formula is C23H27ClFN5O2. The van der Waals surface area contributed by atoms with Gasteiger partial charge in [-0.3, -0.25) is 9.78 Å². The molecule has 7 nitrogen and oxygen atoms in total. The van der Waals surface area contributed by atoms with Crippen molar-refractivity contribution in [3.05, 3.63) is 63.2 Å². The van der Waals surface area contributed by atoms with E-state index in [1.165, 1.54) is 31.0 Å². The summed E-state index contributed by atoms with van der Waals surface area (Å²) in [6.45, 7) is 5.44. The standard InChI is InChI=1S/C23H27ClFN5O2/c1-14(32-16-3-4-19(25)18(24)11-16)22-28-21-17(23(31)29-22)5-8-27-20(21)13-26-12-15-6-9-30(2)10-7-15/h3-5,8,11,14-15,26H,6-7,9-10,12-13H2,1-2H3,(H,28,29,31)/t14-/m1/s1. The molecule has 0 spiro atoms. The van der Waals surface area contributed by atoms with Crippen molar-refractivity contribution in [2.24, 2.45) is 5.92 Å². The number of likely N-dealkylation sites (tertiary alicyclic amines) is 1. The summed E-state index contributed by atoms with van der Waals surface area (Å²) in [5.41, 5.74) is 1.02. The molecule has 0 aliphatic carbocycles. The summed E-state index contributed by atoms with van der Waals surface area (Å²) in [4.78, 5) is 26.9. The number of halogens is 2. The lowest BCUT2D eigenvalue weighted by Gasteiger charge is -2.29. The minimum absolute atomic E-state index is 0.0307. The summed E-state index contributed by atoms with van der Waals surface area (Å²) in [6.07, 6.45) is 3.41. The Morgan fingerprint density at radius 1 is 1.34 bits per heavy atom. The number of piperidine rings is 1. The number of aromatic nitrogens is 3. The molecule has 2 N–H and O–H groups in total. The van der Waals surface area contributed by atoms with Crippen molar-refractivity contribution in [3.63, 3.8) is 0 Å². The van der Waals surface area contributed by atoms with Gasteiger partial charge in [-0.05, 0) is 70.6 Å². The third-order valence-electron chi connectivity index (χ3n) is 5.87. The Bertz CT molecular complexity index is 1150. The number of rotatable bonds is 7. The van der Waals surface area contributed by atoms with Crippen LogP contribution in [0.25, 0.3) is 10.9 Å². The second kappa shape index (κ2) is 9.94. The van der Waals surface area contributed by atoms with Crippen molar-refractivity contribution in [1.82, 2.24) is 25.2 Å². The third kappa shape index (κ3) is 5.26. The molecule has 170 valence electrons. The van der Waals surface area contributed by atoms with Crippen LogP contribution < -0.4 is 15.6 Å². The van der Waals surface area contributed by atoms with Crippen LogP contribution >= 0.6 is 11.6 Å². The minimum atomic E-state index is -0.575. The predicted molar refractivity (Wildman–Crippen MR) is 123 cm³/mol. The van der Waals surface area contributed by atoms with Gasteiger partial charge >= 0.3 is 0 Å². The van der Waals surface area contributed by atoms with Gasteiger partial charge in [0.25, 0.3) is 5.56 Å². The number of pyridine rings is 1. The van der Waals surface area contributed by atoms with Crippen molar-refractivity contribution in [3.8, 4) is 5.75 Å². The fourth-order valence-electron chi connectivity index (χ4n) is 3.93. The smallest absolute Gasteiger partial charge is 0.258 e. The maximum absolute atomic E-state index is 13.4. The average Bonchev–Trinajstić information content (AvgIpc) is 2.78. The number of hydrogen-bond acceptors (Lipinski definition) is 6. The quantitative estimate of drug-likeness (QED) is 0.560.